The van der Waals surface area contributed by atoms with Crippen LogP contribution in [-0.2, 0) is 6.61 Å². The molecule has 0 unspecified atom stereocenters. The highest BCUT2D eigenvalue weighted by Gasteiger charge is 2.16. The standard InChI is InChI=1S/C5H5BrN2O2.C5H5N3O4.C5H6N2O3.2C5H6N2O2.C4H3BrN2O2.C4H3IN2O2.C4H4N2O3.C4H4N2O2/c1-2-3(6)4(9)8-5(10)7-2;1-2-3(8(11)12)4(9)7-5(10)6-2;8-2-3-1-6-5(10)7-4(3)9;1-3-2-6-5(9)7-4(3)8;1-3-2-4(8)7-5(9)6-3;2*5-2-1-6-4(9)7-3(2)8;7-2-1-5-4(9)6-3(2)8;7-3-1-2-5-4(8)6-3/h1H3,(H2,7,8,9,10);1H3,(H2,6,7,9,10);1,8H,2H2,(H2,6,7,9,10);2*2H,1H3,(H2,6,7,8,9);2*1H,(H2,6,7,8,9);1,7H,(H2,5,6,8,9);1-2H,(H2,5,6,7,8). The summed E-state index contributed by atoms with van der Waals surface area (Å²) >= 11 is 7.74. The average Bonchev–Trinajstić information content (AvgIpc) is 3.61. The van der Waals surface area contributed by atoms with Crippen LogP contribution in [0.1, 0.15) is 28.2 Å². The number of hydrogen-bond acceptors (Lipinski definition) is 22. The van der Waals surface area contributed by atoms with Crippen molar-refractivity contribution in [3.8, 4) is 5.75 Å². The summed E-state index contributed by atoms with van der Waals surface area (Å²) in [5, 5.41) is 27.2. The van der Waals surface area contributed by atoms with Gasteiger partial charge in [0.25, 0.3) is 44.5 Å². The molecule has 9 aromatic rings. The van der Waals surface area contributed by atoms with Crippen LogP contribution in [-0.4, -0.2) is 105 Å². The van der Waals surface area contributed by atoms with Crippen molar-refractivity contribution in [2.75, 3.05) is 0 Å². The molecule has 0 fully saturated rings. The monoisotopic (exact) mass is 1440 g/mol. The molecular weight excluding hydrogens is 1400 g/mol. The SMILES string of the molecule is Cc1[nH]c(=O)[nH]c(=O)c1Br.Cc1[nH]c(=O)[nH]c(=O)c1[N+](=O)[O-].Cc1c[nH]c(=O)[nH]c1=O.Cc1cc(=O)[nH]c(=O)[nH]1.O=c1[nH]cc(Br)c(=O)[nH]1.O=c1[nH]cc(CO)c(=O)[nH]1.O=c1[nH]cc(I)c(=O)[nH]1.O=c1[nH]cc(O)c(=O)[nH]1.O=c1cc[nH]c(=O)[nH]1. The number of hydrogen-bond donors (Lipinski definition) is 20. The van der Waals surface area contributed by atoms with Crippen LogP contribution < -0.4 is 101 Å². The number of H-pyrrole nitrogens is 18. The predicted octanol–water partition coefficient (Wildman–Crippen LogP) is -5.96. The molecule has 9 heterocycles. The van der Waals surface area contributed by atoms with E-state index in [1.807, 2.05) is 47.5 Å². The van der Waals surface area contributed by atoms with Gasteiger partial charge in [-0.2, -0.15) is 0 Å². The molecule has 0 bridgehead atoms. The van der Waals surface area contributed by atoms with Gasteiger partial charge < -0.3 is 55.1 Å². The van der Waals surface area contributed by atoms with E-state index < -0.39 is 95.4 Å². The molecular formula is C41H42Br2IN19O22. The van der Waals surface area contributed by atoms with E-state index in [4.69, 9.17) is 10.2 Å². The van der Waals surface area contributed by atoms with Gasteiger partial charge in [-0.25, -0.2) is 43.2 Å². The van der Waals surface area contributed by atoms with Crippen LogP contribution in [0.4, 0.5) is 5.69 Å². The molecule has 0 amide bonds. The third-order valence-corrected chi connectivity index (χ3v) is 10.7. The molecule has 85 heavy (non-hydrogen) atoms. The van der Waals surface area contributed by atoms with Gasteiger partial charge in [0, 0.05) is 60.1 Å². The molecule has 0 aliphatic carbocycles. The van der Waals surface area contributed by atoms with Gasteiger partial charge in [0.05, 0.1) is 31.3 Å². The number of aromatic hydroxyl groups is 1. The molecule has 41 nitrogen and oxygen atoms in total. The number of nitrogens with zero attached hydrogens (tertiary/aromatic N) is 1. The zero-order chi connectivity index (χ0) is 64.8. The number of nitro groups is 1. The largest absolute Gasteiger partial charge is 0.502 e. The molecule has 44 heteroatoms. The minimum absolute atomic E-state index is 0.0475. The number of halogens is 3. The molecule has 20 N–H and O–H groups in total. The Hall–Kier alpha value is -11.0. The van der Waals surface area contributed by atoms with E-state index in [9.17, 15) is 96.4 Å². The lowest BCUT2D eigenvalue weighted by molar-refractivity contribution is -0.387. The summed E-state index contributed by atoms with van der Waals surface area (Å²) < 4.78 is 1.17. The Morgan fingerprint density at radius 1 is 0.459 bits per heavy atom. The summed E-state index contributed by atoms with van der Waals surface area (Å²) in [5.41, 5.74) is -8.26. The summed E-state index contributed by atoms with van der Waals surface area (Å²) in [6.45, 7) is 5.83. The van der Waals surface area contributed by atoms with Crippen molar-refractivity contribution >= 4 is 60.1 Å². The molecule has 0 atom stereocenters. The van der Waals surface area contributed by atoms with Crippen LogP contribution in [0, 0.1) is 41.4 Å². The zero-order valence-electron chi connectivity index (χ0n) is 43.0. The van der Waals surface area contributed by atoms with Crippen molar-refractivity contribution in [3.63, 3.8) is 0 Å². The maximum absolute atomic E-state index is 10.8. The third kappa shape index (κ3) is 28.3. The van der Waals surface area contributed by atoms with Crippen LogP contribution in [0.2, 0.25) is 0 Å². The van der Waals surface area contributed by atoms with Gasteiger partial charge in [-0.3, -0.25) is 98.1 Å². The van der Waals surface area contributed by atoms with Gasteiger partial charge in [0.2, 0.25) is 0 Å². The van der Waals surface area contributed by atoms with Gasteiger partial charge in [-0.15, -0.1) is 0 Å². The van der Waals surface area contributed by atoms with Gasteiger partial charge in [-0.05, 0) is 82.1 Å². The molecule has 0 aliphatic heterocycles. The Bertz CT molecular complexity index is 4550. The average molecular weight is 1440 g/mol. The van der Waals surface area contributed by atoms with E-state index in [0.29, 0.717) is 29.5 Å². The second kappa shape index (κ2) is 35.6. The van der Waals surface area contributed by atoms with Crippen LogP contribution >= 0.6 is 54.5 Å². The van der Waals surface area contributed by atoms with E-state index in [-0.39, 0.29) is 40.1 Å². The fourth-order valence-electron chi connectivity index (χ4n) is 4.59. The Kier molecular flexibility index (Phi) is 30.2. The fourth-order valence-corrected chi connectivity index (χ4v) is 5.30. The van der Waals surface area contributed by atoms with Gasteiger partial charge >= 0.3 is 62.5 Å². The first-order valence-electron chi connectivity index (χ1n) is 21.8. The van der Waals surface area contributed by atoms with E-state index >= 15 is 0 Å². The quantitative estimate of drug-likeness (QED) is 0.0435. The summed E-state index contributed by atoms with van der Waals surface area (Å²) in [6, 6.07) is 2.56. The number of aliphatic hydroxyl groups is 1. The minimum atomic E-state index is -0.985. The highest BCUT2D eigenvalue weighted by Crippen LogP contribution is 2.04. The Balaban J connectivity index is 0.000000479. The molecule has 9 rings (SSSR count). The normalized spacial score (nSPS) is 9.51. The molecule has 0 saturated carbocycles. The first-order chi connectivity index (χ1) is 39.6. The lowest BCUT2D eigenvalue weighted by atomic mass is 10.4. The molecule has 0 radical (unpaired) electrons. The van der Waals surface area contributed by atoms with Crippen molar-refractivity contribution in [3.05, 3.63) is 288 Å². The fraction of sp³-hybridized carbons (Fsp3) is 0.122. The molecule has 0 saturated heterocycles. The number of rotatable bonds is 2. The summed E-state index contributed by atoms with van der Waals surface area (Å²) in [4.78, 5) is 236. The van der Waals surface area contributed by atoms with Gasteiger partial charge in [0.1, 0.15) is 10.2 Å². The summed E-state index contributed by atoms with van der Waals surface area (Å²) in [6.07, 6.45) is 7.44. The predicted molar refractivity (Wildman–Crippen MR) is 310 cm³/mol. The number of aromatic nitrogens is 18. The van der Waals surface area contributed by atoms with Crippen LogP contribution in [0.3, 0.4) is 0 Å². The highest BCUT2D eigenvalue weighted by atomic mass is 127. The second-order valence-corrected chi connectivity index (χ2v) is 17.7. The van der Waals surface area contributed by atoms with Crippen LogP contribution in [0.25, 0.3) is 0 Å². The molecule has 0 spiro atoms. The van der Waals surface area contributed by atoms with Gasteiger partial charge in [-0.1, -0.05) is 0 Å². The zero-order valence-corrected chi connectivity index (χ0v) is 48.3. The molecule has 9 aromatic heterocycles. The van der Waals surface area contributed by atoms with Crippen molar-refractivity contribution in [1.29, 1.82) is 0 Å². The summed E-state index contributed by atoms with van der Waals surface area (Å²) in [5.74, 6) is -0.491. The minimum Gasteiger partial charge on any atom is -0.502 e. The number of aromatic amines is 18. The van der Waals surface area contributed by atoms with E-state index in [0.717, 1.165) is 6.20 Å². The van der Waals surface area contributed by atoms with Crippen LogP contribution in [0.5, 0.6) is 5.75 Å². The van der Waals surface area contributed by atoms with Crippen molar-refractivity contribution in [2.24, 2.45) is 0 Å². The molecule has 454 valence electrons. The van der Waals surface area contributed by atoms with E-state index in [1.54, 1.807) is 25.8 Å². The van der Waals surface area contributed by atoms with Crippen molar-refractivity contribution < 1.29 is 15.1 Å². The van der Waals surface area contributed by atoms with Crippen molar-refractivity contribution in [2.45, 2.75) is 34.3 Å². The Labute approximate surface area is 490 Å². The third-order valence-electron chi connectivity index (χ3n) is 8.34. The lowest BCUT2D eigenvalue weighted by Gasteiger charge is -1.92. The maximum Gasteiger partial charge on any atom is 0.352 e. The number of aliphatic hydroxyl groups excluding tert-OH is 1. The number of aryl methyl sites for hydroxylation is 4. The maximum atomic E-state index is 10.8. The first kappa shape index (κ1) is 72.0. The smallest absolute Gasteiger partial charge is 0.352 e. The van der Waals surface area contributed by atoms with Crippen LogP contribution in [0.15, 0.2) is 145 Å². The molecule has 0 aliphatic rings. The topological polar surface area (TPSA) is 675 Å². The Morgan fingerprint density at radius 3 is 1.28 bits per heavy atom. The Morgan fingerprint density at radius 2 is 0.894 bits per heavy atom. The van der Waals surface area contributed by atoms with E-state index in [2.05, 4.69) is 91.7 Å². The van der Waals surface area contributed by atoms with Crippen molar-refractivity contribution in [1.82, 2.24) is 89.7 Å². The highest BCUT2D eigenvalue weighted by molar-refractivity contribution is 14.1. The number of nitrogens with one attached hydrogen (secondary N) is 18. The lowest BCUT2D eigenvalue weighted by Crippen LogP contribution is -2.25. The van der Waals surface area contributed by atoms with E-state index in [1.165, 1.54) is 50.0 Å². The first-order valence-corrected chi connectivity index (χ1v) is 24.5. The summed E-state index contributed by atoms with van der Waals surface area (Å²) in [7, 11) is 0. The second-order valence-electron chi connectivity index (χ2n) is 14.9. The van der Waals surface area contributed by atoms with Gasteiger partial charge in [0.15, 0.2) is 5.75 Å². The molecule has 0 aromatic carbocycles.